The fourth-order valence-electron chi connectivity index (χ4n) is 2.62. The summed E-state index contributed by atoms with van der Waals surface area (Å²) in [5.74, 6) is 0.249. The monoisotopic (exact) mass is 292 g/mol. The van der Waals surface area contributed by atoms with E-state index in [9.17, 15) is 4.79 Å². The first kappa shape index (κ1) is 15.1. The van der Waals surface area contributed by atoms with E-state index in [-0.39, 0.29) is 5.91 Å². The number of carbonyl (C=O) groups excluding carboxylic acids is 1. The molecule has 1 N–H and O–H groups in total. The number of likely N-dealkylation sites (tertiary alicyclic amines) is 1. The second kappa shape index (κ2) is 7.46. The van der Waals surface area contributed by atoms with Crippen LogP contribution in [0, 0.1) is 0 Å². The molecule has 0 aliphatic carbocycles. The maximum atomic E-state index is 12.0. The van der Waals surface area contributed by atoms with Crippen LogP contribution in [0.15, 0.2) is 36.9 Å². The lowest BCUT2D eigenvalue weighted by Crippen LogP contribution is -2.34. The van der Waals surface area contributed by atoms with E-state index in [1.54, 1.807) is 0 Å². The van der Waals surface area contributed by atoms with Gasteiger partial charge >= 0.3 is 0 Å². The van der Waals surface area contributed by atoms with E-state index in [1.165, 1.54) is 0 Å². The molecule has 1 fully saturated rings. The van der Waals surface area contributed by atoms with E-state index in [0.29, 0.717) is 19.0 Å². The molecule has 0 aromatic heterocycles. The van der Waals surface area contributed by atoms with Crippen molar-refractivity contribution < 1.29 is 4.79 Å². The molecule has 3 nitrogen and oxygen atoms in total. The van der Waals surface area contributed by atoms with Crippen LogP contribution in [0.4, 0.5) is 0 Å². The number of halogens is 1. The van der Waals surface area contributed by atoms with Crippen LogP contribution >= 0.6 is 11.6 Å². The second-order valence-corrected chi connectivity index (χ2v) is 5.56. The number of nitrogens with one attached hydrogen (secondary N) is 1. The first-order valence-electron chi connectivity index (χ1n) is 7.06. The number of nitrogens with zero attached hydrogens (tertiary/aromatic N) is 1. The molecule has 0 unspecified atom stereocenters. The van der Waals surface area contributed by atoms with E-state index in [1.807, 2.05) is 35.2 Å². The van der Waals surface area contributed by atoms with Crippen molar-refractivity contribution >= 4 is 17.5 Å². The summed E-state index contributed by atoms with van der Waals surface area (Å²) in [5.41, 5.74) is 1.09. The molecular weight excluding hydrogens is 272 g/mol. The Morgan fingerprint density at radius 3 is 3.10 bits per heavy atom. The van der Waals surface area contributed by atoms with Crippen molar-refractivity contribution in [1.82, 2.24) is 10.2 Å². The normalized spacial score (nSPS) is 18.6. The summed E-state index contributed by atoms with van der Waals surface area (Å²) in [6.45, 7) is 6.07. The summed E-state index contributed by atoms with van der Waals surface area (Å²) in [6, 6.07) is 8.07. The van der Waals surface area contributed by atoms with E-state index in [2.05, 4.69) is 11.9 Å². The van der Waals surface area contributed by atoms with Gasteiger partial charge in [0.25, 0.3) is 0 Å². The number of hydrogen-bond donors (Lipinski definition) is 1. The van der Waals surface area contributed by atoms with Crippen LogP contribution in [0.1, 0.15) is 24.8 Å². The molecule has 1 aromatic rings. The molecule has 2 rings (SSSR count). The molecule has 1 saturated heterocycles. The summed E-state index contributed by atoms with van der Waals surface area (Å²) in [5, 5.41) is 4.01. The number of hydrogen-bond acceptors (Lipinski definition) is 2. The van der Waals surface area contributed by atoms with Crippen LogP contribution in [-0.4, -0.2) is 29.9 Å². The van der Waals surface area contributed by atoms with Gasteiger partial charge in [0, 0.05) is 30.6 Å². The number of rotatable bonds is 7. The molecule has 1 aliphatic heterocycles. The largest absolute Gasteiger partial charge is 0.335 e. The lowest BCUT2D eigenvalue weighted by molar-refractivity contribution is -0.129. The van der Waals surface area contributed by atoms with Gasteiger partial charge < -0.3 is 10.2 Å². The van der Waals surface area contributed by atoms with E-state index >= 15 is 0 Å². The predicted molar refractivity (Wildman–Crippen MR) is 82.7 cm³/mol. The Morgan fingerprint density at radius 2 is 2.35 bits per heavy atom. The lowest BCUT2D eigenvalue weighted by Gasteiger charge is -2.25. The Balaban J connectivity index is 1.92. The Kier molecular flexibility index (Phi) is 5.62. The van der Waals surface area contributed by atoms with Gasteiger partial charge in [-0.15, -0.1) is 6.58 Å². The summed E-state index contributed by atoms with van der Waals surface area (Å²) in [7, 11) is 0. The molecule has 0 radical (unpaired) electrons. The van der Waals surface area contributed by atoms with Gasteiger partial charge in [0.1, 0.15) is 0 Å². The van der Waals surface area contributed by atoms with Gasteiger partial charge in [-0.1, -0.05) is 29.8 Å². The smallest absolute Gasteiger partial charge is 0.223 e. The van der Waals surface area contributed by atoms with Gasteiger partial charge in [0.15, 0.2) is 0 Å². The van der Waals surface area contributed by atoms with Gasteiger partial charge in [0.2, 0.25) is 5.91 Å². The molecule has 0 saturated carbocycles. The molecular formula is C16H21ClN2O. The van der Waals surface area contributed by atoms with Crippen molar-refractivity contribution in [2.45, 2.75) is 31.8 Å². The summed E-state index contributed by atoms with van der Waals surface area (Å²) >= 11 is 6.00. The third-order valence-corrected chi connectivity index (χ3v) is 3.87. The SMILES string of the molecule is C=CCNCC[C@@H]1CCC(=O)N1Cc1cccc(Cl)c1. The van der Waals surface area contributed by atoms with Crippen molar-refractivity contribution in [2.75, 3.05) is 13.1 Å². The third kappa shape index (κ3) is 4.09. The zero-order chi connectivity index (χ0) is 14.4. The van der Waals surface area contributed by atoms with E-state index in [0.717, 1.165) is 36.5 Å². The lowest BCUT2D eigenvalue weighted by atomic mass is 10.1. The molecule has 4 heteroatoms. The van der Waals surface area contributed by atoms with Crippen LogP contribution < -0.4 is 5.32 Å². The highest BCUT2D eigenvalue weighted by molar-refractivity contribution is 6.30. The second-order valence-electron chi connectivity index (χ2n) is 5.13. The van der Waals surface area contributed by atoms with Gasteiger partial charge in [-0.25, -0.2) is 0 Å². The number of amides is 1. The minimum atomic E-state index is 0.249. The maximum Gasteiger partial charge on any atom is 0.223 e. The Morgan fingerprint density at radius 1 is 1.50 bits per heavy atom. The molecule has 0 spiro atoms. The molecule has 1 amide bonds. The fourth-order valence-corrected chi connectivity index (χ4v) is 2.83. The van der Waals surface area contributed by atoms with Gasteiger partial charge in [0.05, 0.1) is 0 Å². The topological polar surface area (TPSA) is 32.3 Å². The van der Waals surface area contributed by atoms with Gasteiger partial charge in [-0.2, -0.15) is 0 Å². The zero-order valence-corrected chi connectivity index (χ0v) is 12.4. The average molecular weight is 293 g/mol. The molecule has 1 atom stereocenters. The van der Waals surface area contributed by atoms with Crippen LogP contribution in [0.5, 0.6) is 0 Å². The maximum absolute atomic E-state index is 12.0. The fraction of sp³-hybridized carbons (Fsp3) is 0.438. The van der Waals surface area contributed by atoms with Crippen molar-refractivity contribution in [3.63, 3.8) is 0 Å². The van der Waals surface area contributed by atoms with Crippen molar-refractivity contribution in [3.8, 4) is 0 Å². The highest BCUT2D eigenvalue weighted by Crippen LogP contribution is 2.24. The number of carbonyl (C=O) groups is 1. The first-order valence-corrected chi connectivity index (χ1v) is 7.44. The highest BCUT2D eigenvalue weighted by Gasteiger charge is 2.30. The highest BCUT2D eigenvalue weighted by atomic mass is 35.5. The average Bonchev–Trinajstić information content (AvgIpc) is 2.76. The van der Waals surface area contributed by atoms with Crippen molar-refractivity contribution in [1.29, 1.82) is 0 Å². The molecule has 20 heavy (non-hydrogen) atoms. The predicted octanol–water partition coefficient (Wildman–Crippen LogP) is 3.00. The van der Waals surface area contributed by atoms with E-state index in [4.69, 9.17) is 11.6 Å². The van der Waals surface area contributed by atoms with Crippen molar-refractivity contribution in [3.05, 3.63) is 47.5 Å². The van der Waals surface area contributed by atoms with Crippen LogP contribution in [0.2, 0.25) is 5.02 Å². The molecule has 1 heterocycles. The summed E-state index contributed by atoms with van der Waals surface area (Å²) < 4.78 is 0. The first-order chi connectivity index (χ1) is 9.70. The molecule has 1 aliphatic rings. The summed E-state index contributed by atoms with van der Waals surface area (Å²) in [4.78, 5) is 14.0. The Hall–Kier alpha value is -1.32. The molecule has 1 aromatic carbocycles. The number of benzene rings is 1. The minimum absolute atomic E-state index is 0.249. The standard InChI is InChI=1S/C16H21ClN2O/c1-2-9-18-10-8-15-6-7-16(20)19(15)12-13-4-3-5-14(17)11-13/h2-5,11,15,18H,1,6-10,12H2/t15-/m0/s1. The molecule has 108 valence electrons. The van der Waals surface area contributed by atoms with Crippen LogP contribution in [0.3, 0.4) is 0 Å². The van der Waals surface area contributed by atoms with E-state index < -0.39 is 0 Å². The minimum Gasteiger partial charge on any atom is -0.335 e. The van der Waals surface area contributed by atoms with Crippen LogP contribution in [0.25, 0.3) is 0 Å². The third-order valence-electron chi connectivity index (χ3n) is 3.64. The van der Waals surface area contributed by atoms with Gasteiger partial charge in [-0.05, 0) is 37.1 Å². The summed E-state index contributed by atoms with van der Waals surface area (Å²) in [6.07, 6.45) is 4.45. The quantitative estimate of drug-likeness (QED) is 0.619. The van der Waals surface area contributed by atoms with Crippen LogP contribution in [-0.2, 0) is 11.3 Å². The zero-order valence-electron chi connectivity index (χ0n) is 11.6. The van der Waals surface area contributed by atoms with Gasteiger partial charge in [-0.3, -0.25) is 4.79 Å². The molecule has 0 bridgehead atoms. The Labute approximate surface area is 125 Å². The Bertz CT molecular complexity index is 475. The van der Waals surface area contributed by atoms with Crippen molar-refractivity contribution in [2.24, 2.45) is 0 Å².